The lowest BCUT2D eigenvalue weighted by molar-refractivity contribution is -0.146. The monoisotopic (exact) mass is 206 g/mol. The minimum atomic E-state index is -0.236. The van der Waals surface area contributed by atoms with Crippen LogP contribution in [0.15, 0.2) is 16.6 Å². The van der Waals surface area contributed by atoms with Crippen LogP contribution >= 0.6 is 0 Å². The zero-order valence-electron chi connectivity index (χ0n) is 8.69. The average molecular weight is 206 g/mol. The molecule has 0 saturated carbocycles. The third-order valence-electron chi connectivity index (χ3n) is 2.05. The Labute approximate surface area is 89.4 Å². The molecule has 0 aromatic carbocycles. The highest BCUT2D eigenvalue weighted by Crippen LogP contribution is 2.02. The van der Waals surface area contributed by atoms with Crippen LogP contribution < -0.4 is 5.32 Å². The number of terminal acetylenes is 1. The van der Waals surface area contributed by atoms with Crippen LogP contribution in [0, 0.1) is 18.3 Å². The van der Waals surface area contributed by atoms with E-state index < -0.39 is 0 Å². The zero-order valence-corrected chi connectivity index (χ0v) is 8.69. The number of hydrogen-bond donors (Lipinski definition) is 1. The van der Waals surface area contributed by atoms with Gasteiger partial charge in [0.05, 0.1) is 18.8 Å². The molecule has 0 spiro atoms. The van der Waals surface area contributed by atoms with Gasteiger partial charge < -0.3 is 10.1 Å². The van der Waals surface area contributed by atoms with E-state index in [-0.39, 0.29) is 18.5 Å². The minimum absolute atomic E-state index is 0.186. The van der Waals surface area contributed by atoms with Gasteiger partial charge in [-0.3, -0.25) is 9.79 Å². The Morgan fingerprint density at radius 1 is 1.87 bits per heavy atom. The highest BCUT2D eigenvalue weighted by Gasteiger charge is 2.20. The number of nitrogens with one attached hydrogen (secondary N) is 1. The Morgan fingerprint density at radius 2 is 2.67 bits per heavy atom. The summed E-state index contributed by atoms with van der Waals surface area (Å²) >= 11 is 0. The number of esters is 1. The molecule has 1 heterocycles. The number of carbonyl (C=O) groups is 1. The van der Waals surface area contributed by atoms with Crippen LogP contribution in [-0.4, -0.2) is 32.0 Å². The third kappa shape index (κ3) is 3.86. The molecule has 80 valence electrons. The van der Waals surface area contributed by atoms with Gasteiger partial charge in [0.25, 0.3) is 0 Å². The maximum atomic E-state index is 11.5. The Balaban J connectivity index is 2.30. The van der Waals surface area contributed by atoms with Gasteiger partial charge in [0.1, 0.15) is 6.61 Å². The summed E-state index contributed by atoms with van der Waals surface area (Å²) in [5, 5.41) is 2.89. The lowest BCUT2D eigenvalue weighted by Crippen LogP contribution is -2.35. The van der Waals surface area contributed by atoms with Gasteiger partial charge in [0.15, 0.2) is 0 Å². The number of carbonyl (C=O) groups excluding carboxylic acids is 1. The average Bonchev–Trinajstić information content (AvgIpc) is 2.29. The largest absolute Gasteiger partial charge is 0.461 e. The van der Waals surface area contributed by atoms with E-state index in [1.165, 1.54) is 0 Å². The standard InChI is InChI=1S/C11H14N2O2/c1-3-9(2)4-5-15-11(14)10-6-12-8-13-7-10/h1,4,8,10H,5-7H2,2H3,(H,12,13)/b9-4+. The quantitative estimate of drug-likeness (QED) is 0.535. The summed E-state index contributed by atoms with van der Waals surface area (Å²) in [7, 11) is 0. The van der Waals surface area contributed by atoms with Crippen molar-refractivity contribution in [3.05, 3.63) is 11.6 Å². The van der Waals surface area contributed by atoms with Gasteiger partial charge in [-0.25, -0.2) is 0 Å². The van der Waals surface area contributed by atoms with E-state index in [9.17, 15) is 4.79 Å². The number of hydrogen-bond acceptors (Lipinski definition) is 4. The van der Waals surface area contributed by atoms with Gasteiger partial charge >= 0.3 is 5.97 Å². The molecule has 1 N–H and O–H groups in total. The SMILES string of the molecule is C#C/C(C)=C/COC(=O)C1CN=CNC1. The van der Waals surface area contributed by atoms with Crippen molar-refractivity contribution in [3.8, 4) is 12.3 Å². The summed E-state index contributed by atoms with van der Waals surface area (Å²) in [6.07, 6.45) is 8.45. The molecule has 0 aromatic rings. The third-order valence-corrected chi connectivity index (χ3v) is 2.05. The molecular weight excluding hydrogens is 192 g/mol. The zero-order chi connectivity index (χ0) is 11.1. The van der Waals surface area contributed by atoms with Crippen LogP contribution in [0.2, 0.25) is 0 Å². The fraction of sp³-hybridized carbons (Fsp3) is 0.455. The van der Waals surface area contributed by atoms with E-state index in [4.69, 9.17) is 11.2 Å². The first-order chi connectivity index (χ1) is 7.24. The summed E-state index contributed by atoms with van der Waals surface area (Å²) in [6.45, 7) is 3.10. The van der Waals surface area contributed by atoms with Gasteiger partial charge in [-0.05, 0) is 18.6 Å². The molecule has 0 amide bonds. The van der Waals surface area contributed by atoms with E-state index in [0.717, 1.165) is 5.57 Å². The van der Waals surface area contributed by atoms with Crippen molar-refractivity contribution in [1.29, 1.82) is 0 Å². The molecule has 0 radical (unpaired) electrons. The van der Waals surface area contributed by atoms with E-state index >= 15 is 0 Å². The van der Waals surface area contributed by atoms with Crippen molar-refractivity contribution in [1.82, 2.24) is 5.32 Å². The number of ether oxygens (including phenoxy) is 1. The highest BCUT2D eigenvalue weighted by atomic mass is 16.5. The molecule has 1 aliphatic rings. The Kier molecular flexibility index (Phi) is 4.42. The van der Waals surface area contributed by atoms with Crippen LogP contribution in [0.5, 0.6) is 0 Å². The molecule has 0 aromatic heterocycles. The minimum Gasteiger partial charge on any atom is -0.461 e. The number of nitrogens with zero attached hydrogens (tertiary/aromatic N) is 1. The summed E-state index contributed by atoms with van der Waals surface area (Å²) in [4.78, 5) is 15.4. The number of allylic oxidation sites excluding steroid dienone is 1. The van der Waals surface area contributed by atoms with Gasteiger partial charge in [0.2, 0.25) is 0 Å². The predicted molar refractivity (Wildman–Crippen MR) is 58.4 cm³/mol. The lowest BCUT2D eigenvalue weighted by Gasteiger charge is -2.16. The molecule has 1 aliphatic heterocycles. The second-order valence-electron chi connectivity index (χ2n) is 3.26. The topological polar surface area (TPSA) is 50.7 Å². The predicted octanol–water partition coefficient (Wildman–Crippen LogP) is 0.357. The Bertz CT molecular complexity index is 326. The second-order valence-corrected chi connectivity index (χ2v) is 3.26. The fourth-order valence-corrected chi connectivity index (χ4v) is 1.09. The first kappa shape index (κ1) is 11.3. The summed E-state index contributed by atoms with van der Waals surface area (Å²) in [6, 6.07) is 0. The van der Waals surface area contributed by atoms with Crippen LogP contribution in [0.3, 0.4) is 0 Å². The molecule has 0 fully saturated rings. The van der Waals surface area contributed by atoms with E-state index in [0.29, 0.717) is 13.1 Å². The summed E-state index contributed by atoms with van der Waals surface area (Å²) < 4.78 is 5.03. The maximum Gasteiger partial charge on any atom is 0.312 e. The summed E-state index contributed by atoms with van der Waals surface area (Å²) in [5.74, 6) is 2.03. The molecule has 0 saturated heterocycles. The van der Waals surface area contributed by atoms with Crippen LogP contribution in [0.1, 0.15) is 6.92 Å². The number of rotatable bonds is 3. The van der Waals surface area contributed by atoms with Crippen molar-refractivity contribution >= 4 is 12.3 Å². The lowest BCUT2D eigenvalue weighted by atomic mass is 10.1. The van der Waals surface area contributed by atoms with Gasteiger partial charge in [-0.1, -0.05) is 5.92 Å². The van der Waals surface area contributed by atoms with Crippen LogP contribution in [0.25, 0.3) is 0 Å². The van der Waals surface area contributed by atoms with Crippen LogP contribution in [0.4, 0.5) is 0 Å². The molecule has 0 bridgehead atoms. The molecule has 4 nitrogen and oxygen atoms in total. The van der Waals surface area contributed by atoms with Gasteiger partial charge in [0, 0.05) is 6.54 Å². The smallest absolute Gasteiger partial charge is 0.312 e. The van der Waals surface area contributed by atoms with Crippen molar-refractivity contribution in [2.24, 2.45) is 10.9 Å². The van der Waals surface area contributed by atoms with Crippen LogP contribution in [-0.2, 0) is 9.53 Å². The van der Waals surface area contributed by atoms with Gasteiger partial charge in [-0.2, -0.15) is 0 Å². The Hall–Kier alpha value is -1.76. The maximum absolute atomic E-state index is 11.5. The first-order valence-corrected chi connectivity index (χ1v) is 4.75. The molecule has 0 aliphatic carbocycles. The summed E-state index contributed by atoms with van der Waals surface area (Å²) in [5.41, 5.74) is 0.766. The van der Waals surface area contributed by atoms with Crippen molar-refractivity contribution in [2.75, 3.05) is 19.7 Å². The van der Waals surface area contributed by atoms with E-state index in [1.54, 1.807) is 19.3 Å². The van der Waals surface area contributed by atoms with Gasteiger partial charge in [-0.15, -0.1) is 6.42 Å². The Morgan fingerprint density at radius 3 is 3.27 bits per heavy atom. The second kappa shape index (κ2) is 5.86. The molecule has 1 atom stereocenters. The molecule has 1 unspecified atom stereocenters. The molecular formula is C11H14N2O2. The van der Waals surface area contributed by atoms with Crippen molar-refractivity contribution in [3.63, 3.8) is 0 Å². The molecule has 4 heteroatoms. The van der Waals surface area contributed by atoms with E-state index in [1.807, 2.05) is 0 Å². The van der Waals surface area contributed by atoms with Crippen molar-refractivity contribution < 1.29 is 9.53 Å². The highest BCUT2D eigenvalue weighted by molar-refractivity contribution is 5.74. The molecule has 15 heavy (non-hydrogen) atoms. The number of aliphatic imine (C=N–C) groups is 1. The first-order valence-electron chi connectivity index (χ1n) is 4.75. The fourth-order valence-electron chi connectivity index (χ4n) is 1.09. The van der Waals surface area contributed by atoms with Crippen molar-refractivity contribution in [2.45, 2.75) is 6.92 Å². The van der Waals surface area contributed by atoms with E-state index in [2.05, 4.69) is 16.2 Å². The normalized spacial score (nSPS) is 20.3. The molecule has 1 rings (SSSR count).